The first kappa shape index (κ1) is 10.9. The van der Waals surface area contributed by atoms with E-state index >= 15 is 0 Å². The van der Waals surface area contributed by atoms with Crippen LogP contribution in [-0.4, -0.2) is 0 Å². The predicted octanol–water partition coefficient (Wildman–Crippen LogP) is 2.70. The van der Waals surface area contributed by atoms with Crippen molar-refractivity contribution < 1.29 is 4.42 Å². The first-order valence-electron chi connectivity index (χ1n) is 4.87. The molecule has 0 aliphatic carbocycles. The van der Waals surface area contributed by atoms with Gasteiger partial charge in [-0.1, -0.05) is 0 Å². The molecular weight excluding hydrogens is 174 g/mol. The van der Waals surface area contributed by atoms with Gasteiger partial charge < -0.3 is 10.2 Å². The third kappa shape index (κ3) is 2.65. The standard InChI is InChI=1S/C12H17NO/c1-4-5-6-7-12(13)11-8-9(2)14-10(11)3/h8,12H,6-7,13H2,1-3H3. The Balaban J connectivity index is 2.62. The molecule has 1 aromatic heterocycles. The largest absolute Gasteiger partial charge is 0.466 e. The maximum absolute atomic E-state index is 6.02. The minimum atomic E-state index is 0.0494. The zero-order valence-electron chi connectivity index (χ0n) is 9.05. The second-order valence-corrected chi connectivity index (χ2v) is 3.44. The van der Waals surface area contributed by atoms with Crippen LogP contribution in [0.15, 0.2) is 10.5 Å². The van der Waals surface area contributed by atoms with Crippen molar-refractivity contribution in [3.05, 3.63) is 23.2 Å². The van der Waals surface area contributed by atoms with Crippen LogP contribution in [0.25, 0.3) is 0 Å². The van der Waals surface area contributed by atoms with Gasteiger partial charge in [0.15, 0.2) is 0 Å². The summed E-state index contributed by atoms with van der Waals surface area (Å²) in [4.78, 5) is 0. The quantitative estimate of drug-likeness (QED) is 0.746. The molecule has 2 nitrogen and oxygen atoms in total. The smallest absolute Gasteiger partial charge is 0.105 e. The highest BCUT2D eigenvalue weighted by atomic mass is 16.3. The molecule has 0 aliphatic heterocycles. The average molecular weight is 191 g/mol. The van der Waals surface area contributed by atoms with E-state index in [9.17, 15) is 0 Å². The van der Waals surface area contributed by atoms with Gasteiger partial charge in [-0.15, -0.1) is 11.8 Å². The van der Waals surface area contributed by atoms with E-state index in [2.05, 4.69) is 11.8 Å². The van der Waals surface area contributed by atoms with Gasteiger partial charge in [-0.3, -0.25) is 0 Å². The molecule has 2 heteroatoms. The summed E-state index contributed by atoms with van der Waals surface area (Å²) in [6, 6.07) is 2.06. The summed E-state index contributed by atoms with van der Waals surface area (Å²) in [5, 5.41) is 0. The Morgan fingerprint density at radius 3 is 2.71 bits per heavy atom. The summed E-state index contributed by atoms with van der Waals surface area (Å²) >= 11 is 0. The fourth-order valence-corrected chi connectivity index (χ4v) is 1.53. The summed E-state index contributed by atoms with van der Waals surface area (Å²) in [5.74, 6) is 7.74. The van der Waals surface area contributed by atoms with Gasteiger partial charge in [0, 0.05) is 18.0 Å². The molecule has 1 aromatic rings. The number of nitrogens with two attached hydrogens (primary N) is 1. The number of furan rings is 1. The lowest BCUT2D eigenvalue weighted by Gasteiger charge is -2.07. The highest BCUT2D eigenvalue weighted by Gasteiger charge is 2.11. The zero-order chi connectivity index (χ0) is 10.6. The Labute approximate surface area is 85.5 Å². The van der Waals surface area contributed by atoms with Crippen molar-refractivity contribution in [1.82, 2.24) is 0 Å². The lowest BCUT2D eigenvalue weighted by molar-refractivity contribution is 0.496. The van der Waals surface area contributed by atoms with Crippen molar-refractivity contribution in [1.29, 1.82) is 0 Å². The number of aryl methyl sites for hydroxylation is 2. The maximum Gasteiger partial charge on any atom is 0.105 e. The Hall–Kier alpha value is -1.20. The van der Waals surface area contributed by atoms with Gasteiger partial charge in [0.25, 0.3) is 0 Å². The summed E-state index contributed by atoms with van der Waals surface area (Å²) < 4.78 is 5.43. The molecule has 0 fully saturated rings. The molecular formula is C12H17NO. The van der Waals surface area contributed by atoms with Crippen LogP contribution in [0, 0.1) is 25.7 Å². The van der Waals surface area contributed by atoms with E-state index in [1.807, 2.05) is 26.8 Å². The van der Waals surface area contributed by atoms with Crippen LogP contribution in [0.1, 0.15) is 42.9 Å². The molecule has 1 rings (SSSR count). The highest BCUT2D eigenvalue weighted by molar-refractivity contribution is 5.23. The molecule has 1 unspecified atom stereocenters. The highest BCUT2D eigenvalue weighted by Crippen LogP contribution is 2.22. The van der Waals surface area contributed by atoms with E-state index < -0.39 is 0 Å². The van der Waals surface area contributed by atoms with Gasteiger partial charge in [0.1, 0.15) is 11.5 Å². The van der Waals surface area contributed by atoms with E-state index in [1.54, 1.807) is 0 Å². The first-order valence-corrected chi connectivity index (χ1v) is 4.87. The van der Waals surface area contributed by atoms with Crippen LogP contribution in [-0.2, 0) is 0 Å². The van der Waals surface area contributed by atoms with Gasteiger partial charge in [0.2, 0.25) is 0 Å². The van der Waals surface area contributed by atoms with Crippen LogP contribution in [0.4, 0.5) is 0 Å². The average Bonchev–Trinajstić information content (AvgIpc) is 2.45. The van der Waals surface area contributed by atoms with Crippen LogP contribution in [0.5, 0.6) is 0 Å². The van der Waals surface area contributed by atoms with Gasteiger partial charge in [-0.05, 0) is 33.3 Å². The van der Waals surface area contributed by atoms with E-state index in [4.69, 9.17) is 10.2 Å². The molecule has 0 saturated carbocycles. The molecule has 0 radical (unpaired) electrons. The topological polar surface area (TPSA) is 39.2 Å². The first-order chi connectivity index (χ1) is 6.65. The van der Waals surface area contributed by atoms with E-state index in [1.165, 1.54) is 0 Å². The molecule has 2 N–H and O–H groups in total. The summed E-state index contributed by atoms with van der Waals surface area (Å²) in [7, 11) is 0. The number of hydrogen-bond acceptors (Lipinski definition) is 2. The van der Waals surface area contributed by atoms with Crippen LogP contribution in [0.2, 0.25) is 0 Å². The van der Waals surface area contributed by atoms with Crippen molar-refractivity contribution in [2.45, 2.75) is 39.7 Å². The second kappa shape index (κ2) is 4.88. The van der Waals surface area contributed by atoms with Gasteiger partial charge in [-0.25, -0.2) is 0 Å². The van der Waals surface area contributed by atoms with E-state index in [0.29, 0.717) is 0 Å². The maximum atomic E-state index is 6.02. The molecule has 0 aromatic carbocycles. The normalized spacial score (nSPS) is 12.0. The fraction of sp³-hybridized carbons (Fsp3) is 0.500. The van der Waals surface area contributed by atoms with Crippen molar-refractivity contribution in [3.8, 4) is 11.8 Å². The molecule has 0 bridgehead atoms. The zero-order valence-corrected chi connectivity index (χ0v) is 9.05. The van der Waals surface area contributed by atoms with Crippen molar-refractivity contribution >= 4 is 0 Å². The predicted molar refractivity (Wildman–Crippen MR) is 57.8 cm³/mol. The molecule has 0 amide bonds. The Kier molecular flexibility index (Phi) is 3.79. The molecule has 0 aliphatic rings. The SMILES string of the molecule is CC#CCCC(N)c1cc(C)oc1C. The molecule has 1 heterocycles. The lowest BCUT2D eigenvalue weighted by atomic mass is 10.0. The number of rotatable bonds is 3. The van der Waals surface area contributed by atoms with Gasteiger partial charge in [-0.2, -0.15) is 0 Å². The Morgan fingerprint density at radius 1 is 1.50 bits per heavy atom. The van der Waals surface area contributed by atoms with Crippen LogP contribution in [0.3, 0.4) is 0 Å². The third-order valence-electron chi connectivity index (χ3n) is 2.24. The number of hydrogen-bond donors (Lipinski definition) is 1. The monoisotopic (exact) mass is 191 g/mol. The second-order valence-electron chi connectivity index (χ2n) is 3.44. The minimum Gasteiger partial charge on any atom is -0.466 e. The molecule has 0 saturated heterocycles. The summed E-state index contributed by atoms with van der Waals surface area (Å²) in [5.41, 5.74) is 7.13. The Morgan fingerprint density at radius 2 is 2.21 bits per heavy atom. The molecule has 76 valence electrons. The fourth-order valence-electron chi connectivity index (χ4n) is 1.53. The minimum absolute atomic E-state index is 0.0494. The third-order valence-corrected chi connectivity index (χ3v) is 2.24. The van der Waals surface area contributed by atoms with Crippen molar-refractivity contribution in [3.63, 3.8) is 0 Å². The molecule has 14 heavy (non-hydrogen) atoms. The van der Waals surface area contributed by atoms with Gasteiger partial charge in [0.05, 0.1) is 0 Å². The van der Waals surface area contributed by atoms with Gasteiger partial charge >= 0.3 is 0 Å². The van der Waals surface area contributed by atoms with E-state index in [-0.39, 0.29) is 6.04 Å². The molecule has 0 spiro atoms. The van der Waals surface area contributed by atoms with E-state index in [0.717, 1.165) is 29.9 Å². The summed E-state index contributed by atoms with van der Waals surface area (Å²) in [6.07, 6.45) is 1.74. The summed E-state index contributed by atoms with van der Waals surface area (Å²) in [6.45, 7) is 5.74. The van der Waals surface area contributed by atoms with Crippen LogP contribution >= 0.6 is 0 Å². The lowest BCUT2D eigenvalue weighted by Crippen LogP contribution is -2.09. The Bertz CT molecular complexity index is 354. The van der Waals surface area contributed by atoms with Crippen molar-refractivity contribution in [2.24, 2.45) is 5.73 Å². The van der Waals surface area contributed by atoms with Crippen molar-refractivity contribution in [2.75, 3.05) is 0 Å². The van der Waals surface area contributed by atoms with Crippen LogP contribution < -0.4 is 5.73 Å². The molecule has 1 atom stereocenters.